The second kappa shape index (κ2) is 6.95. The number of carbonyl (C=O) groups is 1. The van der Waals surface area contributed by atoms with Crippen molar-refractivity contribution in [2.45, 2.75) is 20.0 Å². The van der Waals surface area contributed by atoms with Gasteiger partial charge in [0.2, 0.25) is 0 Å². The number of aromatic amines is 1. The maximum atomic E-state index is 12.3. The molecule has 0 fully saturated rings. The molecule has 24 heavy (non-hydrogen) atoms. The Kier molecular flexibility index (Phi) is 4.56. The number of hydrogen-bond donors (Lipinski definition) is 2. The summed E-state index contributed by atoms with van der Waals surface area (Å²) in [4.78, 5) is 16.3. The molecule has 0 aliphatic carbocycles. The van der Waals surface area contributed by atoms with E-state index in [2.05, 4.69) is 20.5 Å². The van der Waals surface area contributed by atoms with Gasteiger partial charge in [-0.15, -0.1) is 0 Å². The van der Waals surface area contributed by atoms with Crippen LogP contribution in [-0.2, 0) is 0 Å². The number of aromatic nitrogens is 3. The summed E-state index contributed by atoms with van der Waals surface area (Å²) < 4.78 is 5.57. The first-order chi connectivity index (χ1) is 11.6. The Balaban J connectivity index is 1.68. The Morgan fingerprint density at radius 1 is 1.12 bits per heavy atom. The standard InChI is InChI=1S/C18H18N4O2/c1-12(2)24-15-5-3-14(4-6-15)18(23)20-17-11-16(21-22-17)13-7-9-19-10-8-13/h3-12H,1-2H3,(H2,20,21,22,23). The summed E-state index contributed by atoms with van der Waals surface area (Å²) in [6, 6.07) is 12.5. The summed E-state index contributed by atoms with van der Waals surface area (Å²) in [6.07, 6.45) is 3.50. The zero-order valence-corrected chi connectivity index (χ0v) is 13.5. The molecule has 0 saturated carbocycles. The SMILES string of the molecule is CC(C)Oc1ccc(C(=O)Nc2cc(-c3ccncc3)[nH]n2)cc1. The summed E-state index contributed by atoms with van der Waals surface area (Å²) in [7, 11) is 0. The number of nitrogens with one attached hydrogen (secondary N) is 2. The number of pyridine rings is 1. The second-order valence-electron chi connectivity index (χ2n) is 5.55. The van der Waals surface area contributed by atoms with Crippen LogP contribution in [0.5, 0.6) is 5.75 Å². The average molecular weight is 322 g/mol. The van der Waals surface area contributed by atoms with E-state index in [1.54, 1.807) is 42.7 Å². The molecule has 1 amide bonds. The molecule has 0 spiro atoms. The molecule has 3 rings (SSSR count). The first kappa shape index (κ1) is 15.7. The largest absolute Gasteiger partial charge is 0.491 e. The third-order valence-electron chi connectivity index (χ3n) is 3.30. The lowest BCUT2D eigenvalue weighted by atomic mass is 10.2. The van der Waals surface area contributed by atoms with Crippen molar-refractivity contribution in [3.8, 4) is 17.0 Å². The van der Waals surface area contributed by atoms with E-state index in [9.17, 15) is 4.79 Å². The van der Waals surface area contributed by atoms with Crippen LogP contribution < -0.4 is 10.1 Å². The topological polar surface area (TPSA) is 79.9 Å². The van der Waals surface area contributed by atoms with Gasteiger partial charge in [-0.25, -0.2) is 0 Å². The van der Waals surface area contributed by atoms with Gasteiger partial charge in [-0.1, -0.05) is 0 Å². The molecule has 6 heteroatoms. The zero-order chi connectivity index (χ0) is 16.9. The third-order valence-corrected chi connectivity index (χ3v) is 3.30. The number of H-pyrrole nitrogens is 1. The molecule has 2 N–H and O–H groups in total. The number of hydrogen-bond acceptors (Lipinski definition) is 4. The first-order valence-corrected chi connectivity index (χ1v) is 7.65. The summed E-state index contributed by atoms with van der Waals surface area (Å²) in [5, 5.41) is 9.78. The minimum atomic E-state index is -0.223. The number of ether oxygens (including phenoxy) is 1. The van der Waals surface area contributed by atoms with Crippen LogP contribution in [-0.4, -0.2) is 27.2 Å². The Morgan fingerprint density at radius 2 is 1.83 bits per heavy atom. The summed E-state index contributed by atoms with van der Waals surface area (Å²) in [5.74, 6) is 0.981. The van der Waals surface area contributed by atoms with E-state index >= 15 is 0 Å². The van der Waals surface area contributed by atoms with Gasteiger partial charge in [0.15, 0.2) is 5.82 Å². The Bertz CT molecular complexity index is 811. The predicted octanol–water partition coefficient (Wildman–Crippen LogP) is 3.51. The molecule has 0 aliphatic heterocycles. The van der Waals surface area contributed by atoms with Crippen LogP contribution in [0.1, 0.15) is 24.2 Å². The minimum Gasteiger partial charge on any atom is -0.491 e. The number of amides is 1. The molecule has 0 bridgehead atoms. The number of benzene rings is 1. The van der Waals surface area contributed by atoms with Crippen LogP contribution in [0.4, 0.5) is 5.82 Å². The van der Waals surface area contributed by atoms with E-state index in [-0.39, 0.29) is 12.0 Å². The Morgan fingerprint density at radius 3 is 2.50 bits per heavy atom. The van der Waals surface area contributed by atoms with Crippen LogP contribution >= 0.6 is 0 Å². The van der Waals surface area contributed by atoms with Crippen molar-refractivity contribution in [2.75, 3.05) is 5.32 Å². The molecule has 0 unspecified atom stereocenters. The molecule has 0 radical (unpaired) electrons. The van der Waals surface area contributed by atoms with Gasteiger partial charge >= 0.3 is 0 Å². The molecule has 2 heterocycles. The lowest BCUT2D eigenvalue weighted by molar-refractivity contribution is 0.102. The van der Waals surface area contributed by atoms with Crippen LogP contribution in [0.2, 0.25) is 0 Å². The quantitative estimate of drug-likeness (QED) is 0.753. The van der Waals surface area contributed by atoms with E-state index in [1.807, 2.05) is 26.0 Å². The maximum Gasteiger partial charge on any atom is 0.256 e. The number of carbonyl (C=O) groups excluding carboxylic acids is 1. The van der Waals surface area contributed by atoms with Crippen molar-refractivity contribution in [1.82, 2.24) is 15.2 Å². The molecular weight excluding hydrogens is 304 g/mol. The summed E-state index contributed by atoms with van der Waals surface area (Å²) >= 11 is 0. The van der Waals surface area contributed by atoms with Crippen LogP contribution in [0.25, 0.3) is 11.3 Å². The van der Waals surface area contributed by atoms with Gasteiger partial charge in [-0.05, 0) is 50.2 Å². The van der Waals surface area contributed by atoms with E-state index in [0.29, 0.717) is 11.4 Å². The van der Waals surface area contributed by atoms with Gasteiger partial charge in [0.25, 0.3) is 5.91 Å². The minimum absolute atomic E-state index is 0.0975. The van der Waals surface area contributed by atoms with Crippen molar-refractivity contribution in [3.05, 3.63) is 60.4 Å². The van der Waals surface area contributed by atoms with Crippen molar-refractivity contribution in [1.29, 1.82) is 0 Å². The van der Waals surface area contributed by atoms with Crippen molar-refractivity contribution in [3.63, 3.8) is 0 Å². The fraction of sp³-hybridized carbons (Fsp3) is 0.167. The molecule has 122 valence electrons. The van der Waals surface area contributed by atoms with E-state index < -0.39 is 0 Å². The van der Waals surface area contributed by atoms with Crippen molar-refractivity contribution < 1.29 is 9.53 Å². The zero-order valence-electron chi connectivity index (χ0n) is 13.5. The molecule has 0 aliphatic rings. The number of nitrogens with zero attached hydrogens (tertiary/aromatic N) is 2. The molecule has 3 aromatic rings. The molecular formula is C18H18N4O2. The normalized spacial score (nSPS) is 10.6. The molecule has 0 atom stereocenters. The Labute approximate surface area is 139 Å². The number of rotatable bonds is 5. The highest BCUT2D eigenvalue weighted by Gasteiger charge is 2.10. The average Bonchev–Trinajstić information content (AvgIpc) is 3.04. The monoisotopic (exact) mass is 322 g/mol. The van der Waals surface area contributed by atoms with Gasteiger partial charge in [-0.2, -0.15) is 5.10 Å². The molecule has 2 aromatic heterocycles. The fourth-order valence-electron chi connectivity index (χ4n) is 2.21. The van der Waals surface area contributed by atoms with Crippen LogP contribution in [0.15, 0.2) is 54.9 Å². The van der Waals surface area contributed by atoms with Gasteiger partial charge in [0, 0.05) is 29.6 Å². The van der Waals surface area contributed by atoms with Gasteiger partial charge in [0.1, 0.15) is 5.75 Å². The highest BCUT2D eigenvalue weighted by molar-refractivity contribution is 6.04. The van der Waals surface area contributed by atoms with Crippen molar-refractivity contribution >= 4 is 11.7 Å². The van der Waals surface area contributed by atoms with Gasteiger partial charge < -0.3 is 10.1 Å². The van der Waals surface area contributed by atoms with Crippen LogP contribution in [0, 0.1) is 0 Å². The summed E-state index contributed by atoms with van der Waals surface area (Å²) in [6.45, 7) is 3.91. The lowest BCUT2D eigenvalue weighted by Gasteiger charge is -2.09. The highest BCUT2D eigenvalue weighted by atomic mass is 16.5. The fourth-order valence-corrected chi connectivity index (χ4v) is 2.21. The third kappa shape index (κ3) is 3.78. The summed E-state index contributed by atoms with van der Waals surface area (Å²) in [5.41, 5.74) is 2.31. The highest BCUT2D eigenvalue weighted by Crippen LogP contribution is 2.19. The predicted molar refractivity (Wildman–Crippen MR) is 92.0 cm³/mol. The van der Waals surface area contributed by atoms with E-state index in [0.717, 1.165) is 17.0 Å². The molecule has 6 nitrogen and oxygen atoms in total. The van der Waals surface area contributed by atoms with Gasteiger partial charge in [-0.3, -0.25) is 14.9 Å². The van der Waals surface area contributed by atoms with Crippen LogP contribution in [0.3, 0.4) is 0 Å². The number of anilines is 1. The van der Waals surface area contributed by atoms with E-state index in [1.165, 1.54) is 0 Å². The first-order valence-electron chi connectivity index (χ1n) is 7.65. The second-order valence-corrected chi connectivity index (χ2v) is 5.55. The Hall–Kier alpha value is -3.15. The molecule has 1 aromatic carbocycles. The van der Waals surface area contributed by atoms with Crippen molar-refractivity contribution in [2.24, 2.45) is 0 Å². The van der Waals surface area contributed by atoms with Gasteiger partial charge in [0.05, 0.1) is 11.8 Å². The smallest absolute Gasteiger partial charge is 0.256 e. The lowest BCUT2D eigenvalue weighted by Crippen LogP contribution is -2.12. The van der Waals surface area contributed by atoms with E-state index in [4.69, 9.17) is 4.74 Å². The molecule has 0 saturated heterocycles. The maximum absolute atomic E-state index is 12.3.